The van der Waals surface area contributed by atoms with Crippen LogP contribution in [0.15, 0.2) is 18.2 Å². The van der Waals surface area contributed by atoms with Gasteiger partial charge in [0, 0.05) is 12.1 Å². The highest BCUT2D eigenvalue weighted by Gasteiger charge is 2.29. The standard InChI is InChI=1S/C23H38N2O/c1-17(2)22-7-6-20(16-23(22)26-5)19-8-12-25(13-9-19)21-10-14-24(15-11-21)18(3)4/h6-7,16-19,21H,8-15H2,1-5H3. The average Bonchev–Trinajstić information content (AvgIpc) is 2.67. The molecular formula is C23H38N2O. The van der Waals surface area contributed by atoms with Crippen LogP contribution in [0, 0.1) is 0 Å². The number of rotatable bonds is 5. The van der Waals surface area contributed by atoms with E-state index in [1.807, 2.05) is 0 Å². The topological polar surface area (TPSA) is 15.7 Å². The number of likely N-dealkylation sites (tertiary alicyclic amines) is 2. The van der Waals surface area contributed by atoms with Crippen LogP contribution in [0.4, 0.5) is 0 Å². The van der Waals surface area contributed by atoms with Crippen LogP contribution >= 0.6 is 0 Å². The normalized spacial score (nSPS) is 21.7. The van der Waals surface area contributed by atoms with Gasteiger partial charge in [-0.25, -0.2) is 0 Å². The number of hydrogen-bond donors (Lipinski definition) is 0. The summed E-state index contributed by atoms with van der Waals surface area (Å²) in [5, 5.41) is 0. The Hall–Kier alpha value is -1.06. The minimum absolute atomic E-state index is 0.512. The van der Waals surface area contributed by atoms with Gasteiger partial charge in [-0.15, -0.1) is 0 Å². The van der Waals surface area contributed by atoms with Crippen LogP contribution < -0.4 is 4.74 Å². The van der Waals surface area contributed by atoms with Crippen molar-refractivity contribution in [2.24, 2.45) is 0 Å². The number of hydrogen-bond acceptors (Lipinski definition) is 3. The lowest BCUT2D eigenvalue weighted by atomic mass is 9.86. The zero-order valence-electron chi connectivity index (χ0n) is 17.5. The Balaban J connectivity index is 1.56. The van der Waals surface area contributed by atoms with Gasteiger partial charge in [-0.05, 0) is 94.7 Å². The smallest absolute Gasteiger partial charge is 0.122 e. The first-order chi connectivity index (χ1) is 12.5. The van der Waals surface area contributed by atoms with Gasteiger partial charge in [-0.2, -0.15) is 0 Å². The van der Waals surface area contributed by atoms with Crippen LogP contribution in [0.25, 0.3) is 0 Å². The zero-order valence-corrected chi connectivity index (χ0v) is 17.5. The zero-order chi connectivity index (χ0) is 18.7. The van der Waals surface area contributed by atoms with Crippen molar-refractivity contribution in [3.05, 3.63) is 29.3 Å². The monoisotopic (exact) mass is 358 g/mol. The molecule has 3 heteroatoms. The second-order valence-corrected chi connectivity index (χ2v) is 8.83. The molecule has 0 atom stereocenters. The summed E-state index contributed by atoms with van der Waals surface area (Å²) in [5.74, 6) is 2.27. The lowest BCUT2D eigenvalue weighted by Gasteiger charge is -2.43. The highest BCUT2D eigenvalue weighted by atomic mass is 16.5. The van der Waals surface area contributed by atoms with E-state index in [0.29, 0.717) is 17.9 Å². The summed E-state index contributed by atoms with van der Waals surface area (Å²) in [6.45, 7) is 14.2. The van der Waals surface area contributed by atoms with Gasteiger partial charge in [0.25, 0.3) is 0 Å². The quantitative estimate of drug-likeness (QED) is 0.747. The first kappa shape index (κ1) is 19.7. The second kappa shape index (κ2) is 8.75. The van der Waals surface area contributed by atoms with Gasteiger partial charge in [0.15, 0.2) is 0 Å². The molecule has 0 radical (unpaired) electrons. The molecule has 2 heterocycles. The van der Waals surface area contributed by atoms with Crippen molar-refractivity contribution in [2.75, 3.05) is 33.3 Å². The number of ether oxygens (including phenoxy) is 1. The van der Waals surface area contributed by atoms with E-state index in [4.69, 9.17) is 4.74 Å². The number of benzene rings is 1. The first-order valence-electron chi connectivity index (χ1n) is 10.7. The minimum Gasteiger partial charge on any atom is -0.496 e. The molecule has 0 N–H and O–H groups in total. The molecule has 0 spiro atoms. The van der Waals surface area contributed by atoms with E-state index in [-0.39, 0.29) is 0 Å². The van der Waals surface area contributed by atoms with E-state index in [9.17, 15) is 0 Å². The summed E-state index contributed by atoms with van der Waals surface area (Å²) in [6, 6.07) is 8.44. The maximum absolute atomic E-state index is 5.67. The van der Waals surface area contributed by atoms with Crippen LogP contribution in [0.2, 0.25) is 0 Å². The van der Waals surface area contributed by atoms with Gasteiger partial charge in [0.2, 0.25) is 0 Å². The van der Waals surface area contributed by atoms with Crippen molar-refractivity contribution in [3.63, 3.8) is 0 Å². The molecule has 0 amide bonds. The van der Waals surface area contributed by atoms with Crippen molar-refractivity contribution in [2.45, 2.75) is 77.3 Å². The van der Waals surface area contributed by atoms with Crippen molar-refractivity contribution < 1.29 is 4.74 Å². The predicted octanol–water partition coefficient (Wildman–Crippen LogP) is 4.87. The molecule has 2 fully saturated rings. The van der Waals surface area contributed by atoms with Crippen LogP contribution in [-0.2, 0) is 0 Å². The first-order valence-corrected chi connectivity index (χ1v) is 10.7. The molecule has 0 saturated carbocycles. The lowest BCUT2D eigenvalue weighted by molar-refractivity contribution is 0.0753. The fourth-order valence-electron chi connectivity index (χ4n) is 4.82. The number of methoxy groups -OCH3 is 1. The lowest BCUT2D eigenvalue weighted by Crippen LogP contribution is -2.48. The predicted molar refractivity (Wildman–Crippen MR) is 110 cm³/mol. The fourth-order valence-corrected chi connectivity index (χ4v) is 4.82. The molecule has 146 valence electrons. The van der Waals surface area contributed by atoms with Gasteiger partial charge >= 0.3 is 0 Å². The Morgan fingerprint density at radius 1 is 0.923 bits per heavy atom. The van der Waals surface area contributed by atoms with Crippen LogP contribution in [-0.4, -0.2) is 55.2 Å². The van der Waals surface area contributed by atoms with E-state index in [1.165, 1.54) is 63.0 Å². The maximum atomic E-state index is 5.67. The van der Waals surface area contributed by atoms with Gasteiger partial charge in [0.1, 0.15) is 5.75 Å². The molecule has 1 aromatic carbocycles. The summed E-state index contributed by atoms with van der Waals surface area (Å²) < 4.78 is 5.67. The van der Waals surface area contributed by atoms with Crippen molar-refractivity contribution in [1.82, 2.24) is 9.80 Å². The molecule has 0 aliphatic carbocycles. The summed E-state index contributed by atoms with van der Waals surface area (Å²) in [5.41, 5.74) is 2.80. The summed E-state index contributed by atoms with van der Waals surface area (Å²) >= 11 is 0. The average molecular weight is 359 g/mol. The Morgan fingerprint density at radius 3 is 2.12 bits per heavy atom. The van der Waals surface area contributed by atoms with Gasteiger partial charge in [0.05, 0.1) is 7.11 Å². The Labute approximate surface area is 160 Å². The summed E-state index contributed by atoms with van der Waals surface area (Å²) in [7, 11) is 1.80. The molecule has 2 saturated heterocycles. The van der Waals surface area contributed by atoms with Crippen molar-refractivity contribution in [3.8, 4) is 5.75 Å². The van der Waals surface area contributed by atoms with Crippen molar-refractivity contribution in [1.29, 1.82) is 0 Å². The van der Waals surface area contributed by atoms with Gasteiger partial charge in [-0.3, -0.25) is 0 Å². The highest BCUT2D eigenvalue weighted by molar-refractivity contribution is 5.40. The summed E-state index contributed by atoms with van der Waals surface area (Å²) in [4.78, 5) is 5.40. The molecule has 3 nitrogen and oxygen atoms in total. The van der Waals surface area contributed by atoms with Crippen LogP contribution in [0.3, 0.4) is 0 Å². The molecule has 26 heavy (non-hydrogen) atoms. The summed E-state index contributed by atoms with van der Waals surface area (Å²) in [6.07, 6.45) is 5.27. The highest BCUT2D eigenvalue weighted by Crippen LogP contribution is 2.35. The third-order valence-electron chi connectivity index (χ3n) is 6.63. The van der Waals surface area contributed by atoms with Gasteiger partial charge in [-0.1, -0.05) is 26.0 Å². The fraction of sp³-hybridized carbons (Fsp3) is 0.739. The van der Waals surface area contributed by atoms with Crippen LogP contribution in [0.1, 0.15) is 76.3 Å². The number of nitrogens with zero attached hydrogens (tertiary/aromatic N) is 2. The number of piperidine rings is 2. The van der Waals surface area contributed by atoms with E-state index < -0.39 is 0 Å². The molecular weight excluding hydrogens is 320 g/mol. The Morgan fingerprint density at radius 2 is 1.58 bits per heavy atom. The molecule has 1 aromatic rings. The molecule has 2 aliphatic heterocycles. The Bertz CT molecular complexity index is 568. The van der Waals surface area contributed by atoms with E-state index in [2.05, 4.69) is 55.7 Å². The molecule has 2 aliphatic rings. The van der Waals surface area contributed by atoms with E-state index in [1.54, 1.807) is 7.11 Å². The van der Waals surface area contributed by atoms with Crippen molar-refractivity contribution >= 4 is 0 Å². The molecule has 0 bridgehead atoms. The molecule has 3 rings (SSSR count). The van der Waals surface area contributed by atoms with Crippen LogP contribution in [0.5, 0.6) is 5.75 Å². The maximum Gasteiger partial charge on any atom is 0.122 e. The van der Waals surface area contributed by atoms with E-state index in [0.717, 1.165) is 11.8 Å². The largest absolute Gasteiger partial charge is 0.496 e. The third-order valence-corrected chi connectivity index (χ3v) is 6.63. The molecule has 0 unspecified atom stereocenters. The Kier molecular flexibility index (Phi) is 6.63. The second-order valence-electron chi connectivity index (χ2n) is 8.83. The SMILES string of the molecule is COc1cc(C2CCN(C3CCN(C(C)C)CC3)CC2)ccc1C(C)C. The molecule has 0 aromatic heterocycles. The van der Waals surface area contributed by atoms with E-state index >= 15 is 0 Å². The van der Waals surface area contributed by atoms with Gasteiger partial charge < -0.3 is 14.5 Å². The third kappa shape index (κ3) is 4.43. The minimum atomic E-state index is 0.512.